The molecule has 1 aliphatic rings. The molecule has 168 valence electrons. The predicted octanol–water partition coefficient (Wildman–Crippen LogP) is 4.48. The number of aromatic amines is 1. The molecule has 0 bridgehead atoms. The number of para-hydroxylation sites is 2. The summed E-state index contributed by atoms with van der Waals surface area (Å²) in [5.74, 6) is 0.711. The van der Waals surface area contributed by atoms with Gasteiger partial charge in [-0.25, -0.2) is 0 Å². The Kier molecular flexibility index (Phi) is 7.07. The van der Waals surface area contributed by atoms with Crippen LogP contribution in [0.3, 0.4) is 0 Å². The number of hydrogen-bond acceptors (Lipinski definition) is 4. The molecule has 1 fully saturated rings. The maximum atomic E-state index is 12.8. The van der Waals surface area contributed by atoms with Crippen LogP contribution < -0.4 is 15.6 Å². The molecule has 0 unspecified atom stereocenters. The molecule has 1 aromatic heterocycles. The van der Waals surface area contributed by atoms with Gasteiger partial charge in [0.1, 0.15) is 5.75 Å². The Bertz CT molecular complexity index is 1150. The van der Waals surface area contributed by atoms with Crippen LogP contribution in [0.4, 0.5) is 5.69 Å². The molecule has 0 radical (unpaired) electrons. The van der Waals surface area contributed by atoms with E-state index in [1.807, 2.05) is 47.4 Å². The van der Waals surface area contributed by atoms with E-state index >= 15 is 0 Å². The molecule has 2 N–H and O–H groups in total. The molecule has 1 atom stereocenters. The fourth-order valence-corrected chi connectivity index (χ4v) is 4.29. The monoisotopic (exact) mass is 451 g/mol. The lowest BCUT2D eigenvalue weighted by Gasteiger charge is -2.28. The molecule has 2 aromatic carbocycles. The van der Waals surface area contributed by atoms with Gasteiger partial charge < -0.3 is 24.7 Å². The minimum absolute atomic E-state index is 0.0960. The third-order valence-electron chi connectivity index (χ3n) is 5.84. The largest absolute Gasteiger partial charge is 0.495 e. The molecule has 7 heteroatoms. The number of ether oxygens (including phenoxy) is 2. The van der Waals surface area contributed by atoms with Gasteiger partial charge in [0.25, 0.3) is 5.56 Å². The Hall–Kier alpha value is -2.90. The van der Waals surface area contributed by atoms with Gasteiger partial charge in [-0.3, -0.25) is 4.79 Å². The van der Waals surface area contributed by atoms with Crippen molar-refractivity contribution in [1.82, 2.24) is 9.88 Å². The third kappa shape index (κ3) is 5.11. The summed E-state index contributed by atoms with van der Waals surface area (Å²) in [4.78, 5) is 17.9. The van der Waals surface area contributed by atoms with Crippen LogP contribution in [0.15, 0.2) is 53.3 Å². The van der Waals surface area contributed by atoms with Crippen molar-refractivity contribution in [3.8, 4) is 5.75 Å². The normalized spacial score (nSPS) is 15.6. The van der Waals surface area contributed by atoms with Crippen molar-refractivity contribution < 1.29 is 9.47 Å². The number of thiocarbonyl (C=S) groups is 1. The Morgan fingerprint density at radius 2 is 2.12 bits per heavy atom. The van der Waals surface area contributed by atoms with E-state index in [-0.39, 0.29) is 11.7 Å². The number of methoxy groups -OCH3 is 1. The summed E-state index contributed by atoms with van der Waals surface area (Å²) in [6.07, 6.45) is 3.07. The Balaban J connectivity index is 1.62. The van der Waals surface area contributed by atoms with E-state index in [0.29, 0.717) is 29.5 Å². The fourth-order valence-electron chi connectivity index (χ4n) is 4.04. The SMILES string of the molecule is CCc1ccc2[nH]c(=O)c(CN(C[C@H]3CCCO3)C(=S)Nc3ccccc3OC)cc2c1. The van der Waals surface area contributed by atoms with Gasteiger partial charge in [0.2, 0.25) is 0 Å². The molecule has 0 amide bonds. The van der Waals surface area contributed by atoms with Crippen LogP contribution in [0.2, 0.25) is 0 Å². The summed E-state index contributed by atoms with van der Waals surface area (Å²) in [5, 5.41) is 4.86. The molecule has 1 aliphatic heterocycles. The van der Waals surface area contributed by atoms with Gasteiger partial charge >= 0.3 is 0 Å². The van der Waals surface area contributed by atoms with Crippen molar-refractivity contribution in [3.63, 3.8) is 0 Å². The minimum atomic E-state index is -0.0980. The lowest BCUT2D eigenvalue weighted by atomic mass is 10.1. The number of rotatable bonds is 7. The number of fused-ring (bicyclic) bond motifs is 1. The molecule has 0 spiro atoms. The van der Waals surface area contributed by atoms with Gasteiger partial charge in [-0.15, -0.1) is 0 Å². The lowest BCUT2D eigenvalue weighted by molar-refractivity contribution is 0.0904. The molecule has 4 rings (SSSR count). The maximum absolute atomic E-state index is 12.8. The second kappa shape index (κ2) is 10.1. The zero-order valence-corrected chi connectivity index (χ0v) is 19.3. The number of aryl methyl sites for hydroxylation is 1. The number of aromatic nitrogens is 1. The summed E-state index contributed by atoms with van der Waals surface area (Å²) >= 11 is 5.77. The molecule has 2 heterocycles. The van der Waals surface area contributed by atoms with Gasteiger partial charge in [-0.2, -0.15) is 0 Å². The minimum Gasteiger partial charge on any atom is -0.495 e. The number of benzene rings is 2. The van der Waals surface area contributed by atoms with Crippen molar-refractivity contribution in [2.24, 2.45) is 0 Å². The highest BCUT2D eigenvalue weighted by Crippen LogP contribution is 2.24. The molecule has 3 aromatic rings. The van der Waals surface area contributed by atoms with Crippen molar-refractivity contribution in [2.75, 3.05) is 25.6 Å². The molecule has 6 nitrogen and oxygen atoms in total. The van der Waals surface area contributed by atoms with Crippen LogP contribution in [-0.2, 0) is 17.7 Å². The number of H-pyrrole nitrogens is 1. The first kappa shape index (κ1) is 22.3. The summed E-state index contributed by atoms with van der Waals surface area (Å²) in [5.41, 5.74) is 3.45. The smallest absolute Gasteiger partial charge is 0.253 e. The lowest BCUT2D eigenvalue weighted by Crippen LogP contribution is -2.40. The highest BCUT2D eigenvalue weighted by Gasteiger charge is 2.22. The van der Waals surface area contributed by atoms with Gasteiger partial charge in [0.15, 0.2) is 5.11 Å². The van der Waals surface area contributed by atoms with E-state index < -0.39 is 0 Å². The van der Waals surface area contributed by atoms with Crippen LogP contribution in [0.1, 0.15) is 30.9 Å². The summed E-state index contributed by atoms with van der Waals surface area (Å²) in [7, 11) is 1.63. The highest BCUT2D eigenvalue weighted by molar-refractivity contribution is 7.80. The molecular weight excluding hydrogens is 422 g/mol. The zero-order valence-electron chi connectivity index (χ0n) is 18.5. The number of nitrogens with zero attached hydrogens (tertiary/aromatic N) is 1. The molecule has 32 heavy (non-hydrogen) atoms. The van der Waals surface area contributed by atoms with E-state index in [4.69, 9.17) is 21.7 Å². The Labute approximate surface area is 193 Å². The van der Waals surface area contributed by atoms with Gasteiger partial charge in [-0.1, -0.05) is 25.1 Å². The van der Waals surface area contributed by atoms with E-state index in [1.54, 1.807) is 7.11 Å². The van der Waals surface area contributed by atoms with Crippen LogP contribution in [0.25, 0.3) is 10.9 Å². The zero-order chi connectivity index (χ0) is 22.5. The fraction of sp³-hybridized carbons (Fsp3) is 0.360. The van der Waals surface area contributed by atoms with Crippen molar-refractivity contribution in [3.05, 3.63) is 70.0 Å². The Morgan fingerprint density at radius 1 is 1.28 bits per heavy atom. The first-order valence-corrected chi connectivity index (χ1v) is 11.4. The number of hydrogen-bond donors (Lipinski definition) is 2. The van der Waals surface area contributed by atoms with Crippen LogP contribution in [0, 0.1) is 0 Å². The quantitative estimate of drug-likeness (QED) is 0.517. The van der Waals surface area contributed by atoms with E-state index in [0.717, 1.165) is 42.5 Å². The van der Waals surface area contributed by atoms with Crippen LogP contribution in [-0.4, -0.2) is 41.4 Å². The summed E-state index contributed by atoms with van der Waals surface area (Å²) in [6, 6.07) is 15.8. The second-order valence-corrected chi connectivity index (χ2v) is 8.43. The average Bonchev–Trinajstić information content (AvgIpc) is 3.32. The van der Waals surface area contributed by atoms with Crippen LogP contribution in [0.5, 0.6) is 5.75 Å². The number of anilines is 1. The van der Waals surface area contributed by atoms with Crippen molar-refractivity contribution in [1.29, 1.82) is 0 Å². The third-order valence-corrected chi connectivity index (χ3v) is 6.20. The summed E-state index contributed by atoms with van der Waals surface area (Å²) < 4.78 is 11.3. The molecule has 0 saturated carbocycles. The van der Waals surface area contributed by atoms with Gasteiger partial charge in [-0.05, 0) is 72.8 Å². The van der Waals surface area contributed by atoms with E-state index in [1.165, 1.54) is 5.56 Å². The number of nitrogens with one attached hydrogen (secondary N) is 2. The molecular formula is C25H29N3O3S. The number of pyridine rings is 1. The highest BCUT2D eigenvalue weighted by atomic mass is 32.1. The second-order valence-electron chi connectivity index (χ2n) is 8.04. The van der Waals surface area contributed by atoms with Gasteiger partial charge in [0.05, 0.1) is 25.4 Å². The Morgan fingerprint density at radius 3 is 2.88 bits per heavy atom. The summed E-state index contributed by atoms with van der Waals surface area (Å²) in [6.45, 7) is 3.90. The topological polar surface area (TPSA) is 66.6 Å². The van der Waals surface area contributed by atoms with Crippen LogP contribution >= 0.6 is 12.2 Å². The molecule has 0 aliphatic carbocycles. The van der Waals surface area contributed by atoms with Crippen molar-refractivity contribution >= 4 is 33.9 Å². The average molecular weight is 452 g/mol. The first-order chi connectivity index (χ1) is 15.6. The standard InChI is InChI=1S/C25H29N3O3S/c1-3-17-10-11-21-18(13-17)14-19(24(29)26-21)15-28(16-20-7-6-12-31-20)25(32)27-22-8-4-5-9-23(22)30-2/h4-5,8-11,13-14,20H,3,6-7,12,15-16H2,1-2H3,(H,26,29)(H,27,32)/t20-/m1/s1. The first-order valence-electron chi connectivity index (χ1n) is 11.0. The van der Waals surface area contributed by atoms with Crippen molar-refractivity contribution in [2.45, 2.75) is 38.8 Å². The van der Waals surface area contributed by atoms with Gasteiger partial charge in [0, 0.05) is 24.2 Å². The predicted molar refractivity (Wildman–Crippen MR) is 133 cm³/mol. The van der Waals surface area contributed by atoms with E-state index in [2.05, 4.69) is 23.3 Å². The van der Waals surface area contributed by atoms with E-state index in [9.17, 15) is 4.79 Å². The maximum Gasteiger partial charge on any atom is 0.253 e. The molecule has 1 saturated heterocycles.